The molecule has 220 valence electrons. The van der Waals surface area contributed by atoms with Crippen LogP contribution in [0, 0.1) is 23.1 Å². The number of rotatable bonds is 9. The van der Waals surface area contributed by atoms with Crippen molar-refractivity contribution < 1.29 is 22.4 Å². The zero-order chi connectivity index (χ0) is 30.9. The van der Waals surface area contributed by atoms with E-state index in [4.69, 9.17) is 17.2 Å². The van der Waals surface area contributed by atoms with E-state index in [1.54, 1.807) is 30.3 Å². The third-order valence-electron chi connectivity index (χ3n) is 7.51. The van der Waals surface area contributed by atoms with Crippen molar-refractivity contribution in [3.05, 3.63) is 112 Å². The van der Waals surface area contributed by atoms with Gasteiger partial charge in [-0.3, -0.25) is 4.79 Å². The SMILES string of the molecule is N#Cc1cccc(C(N)(CCC2CC2)c2ccc(F)c(N=C(N)c3cccc(-n4cc(C(N)=O)c(C(F)(F)F)n4)c3)c2)c1. The van der Waals surface area contributed by atoms with E-state index in [9.17, 15) is 23.2 Å². The van der Waals surface area contributed by atoms with E-state index in [2.05, 4.69) is 16.2 Å². The highest BCUT2D eigenvalue weighted by Crippen LogP contribution is 2.41. The molecule has 1 aromatic heterocycles. The van der Waals surface area contributed by atoms with Gasteiger partial charge in [-0.2, -0.15) is 23.5 Å². The molecule has 0 bridgehead atoms. The number of nitrogens with two attached hydrogens (primary N) is 3. The van der Waals surface area contributed by atoms with Crippen LogP contribution in [0.15, 0.2) is 77.9 Å². The van der Waals surface area contributed by atoms with Gasteiger partial charge in [0.1, 0.15) is 17.3 Å². The lowest BCUT2D eigenvalue weighted by molar-refractivity contribution is -0.141. The molecule has 12 heteroatoms. The van der Waals surface area contributed by atoms with Gasteiger partial charge < -0.3 is 17.2 Å². The van der Waals surface area contributed by atoms with Crippen molar-refractivity contribution in [3.63, 3.8) is 0 Å². The fraction of sp³-hybridized carbons (Fsp3) is 0.226. The van der Waals surface area contributed by atoms with Gasteiger partial charge in [0, 0.05) is 11.8 Å². The summed E-state index contributed by atoms with van der Waals surface area (Å²) in [7, 11) is 0. The van der Waals surface area contributed by atoms with E-state index in [0.29, 0.717) is 29.0 Å². The Balaban J connectivity index is 1.51. The molecule has 0 saturated heterocycles. The van der Waals surface area contributed by atoms with Gasteiger partial charge in [0.25, 0.3) is 5.91 Å². The largest absolute Gasteiger partial charge is 0.435 e. The highest BCUT2D eigenvalue weighted by Gasteiger charge is 2.39. The lowest BCUT2D eigenvalue weighted by Gasteiger charge is -2.31. The Labute approximate surface area is 244 Å². The number of halogens is 4. The van der Waals surface area contributed by atoms with Crippen LogP contribution < -0.4 is 17.2 Å². The molecule has 1 atom stereocenters. The van der Waals surface area contributed by atoms with Crippen LogP contribution in [0.1, 0.15) is 64.0 Å². The molecule has 1 heterocycles. The smallest absolute Gasteiger partial charge is 0.383 e. The minimum Gasteiger partial charge on any atom is -0.383 e. The van der Waals surface area contributed by atoms with Gasteiger partial charge in [-0.25, -0.2) is 14.1 Å². The van der Waals surface area contributed by atoms with Crippen molar-refractivity contribution >= 4 is 17.4 Å². The maximum Gasteiger partial charge on any atom is 0.435 e. The van der Waals surface area contributed by atoms with Crippen molar-refractivity contribution in [2.24, 2.45) is 28.1 Å². The highest BCUT2D eigenvalue weighted by atomic mass is 19.4. The minimum atomic E-state index is -4.90. The van der Waals surface area contributed by atoms with Gasteiger partial charge >= 0.3 is 6.18 Å². The average molecular weight is 590 g/mol. The summed E-state index contributed by atoms with van der Waals surface area (Å²) in [6.07, 6.45) is -0.339. The Morgan fingerprint density at radius 2 is 1.77 bits per heavy atom. The molecule has 1 saturated carbocycles. The average Bonchev–Trinajstić information content (AvgIpc) is 3.70. The molecule has 8 nitrogen and oxygen atoms in total. The third kappa shape index (κ3) is 6.27. The molecular formula is C31H27F4N7O. The Bertz CT molecular complexity index is 1770. The number of alkyl halides is 3. The van der Waals surface area contributed by atoms with Crippen LogP contribution in [-0.2, 0) is 11.7 Å². The van der Waals surface area contributed by atoms with Crippen molar-refractivity contribution in [2.45, 2.75) is 37.4 Å². The summed E-state index contributed by atoms with van der Waals surface area (Å²) in [5, 5.41) is 12.9. The lowest BCUT2D eigenvalue weighted by atomic mass is 9.79. The second kappa shape index (κ2) is 11.3. The molecule has 43 heavy (non-hydrogen) atoms. The van der Waals surface area contributed by atoms with Crippen molar-refractivity contribution in [1.29, 1.82) is 5.26 Å². The fourth-order valence-corrected chi connectivity index (χ4v) is 4.93. The Hall–Kier alpha value is -5.02. The van der Waals surface area contributed by atoms with E-state index in [-0.39, 0.29) is 22.8 Å². The predicted molar refractivity (Wildman–Crippen MR) is 152 cm³/mol. The quantitative estimate of drug-likeness (QED) is 0.135. The Morgan fingerprint density at radius 3 is 2.42 bits per heavy atom. The molecule has 0 radical (unpaired) electrons. The molecule has 4 aromatic rings. The maximum absolute atomic E-state index is 15.0. The van der Waals surface area contributed by atoms with Crippen molar-refractivity contribution in [3.8, 4) is 11.8 Å². The molecule has 1 unspecified atom stereocenters. The second-order valence-electron chi connectivity index (χ2n) is 10.6. The standard InChI is InChI=1S/C31H27F4N7O/c32-25-10-9-22(30(39,12-11-18-7-8-18)21-5-1-3-19(13-21)16-36)15-26(25)40-28(37)20-4-2-6-23(14-20)42-17-24(29(38)43)27(41-42)31(33,34)35/h1-6,9-10,13-15,17-18H,7-8,11-12,39H2,(H2,37,40)(H2,38,43). The molecule has 0 spiro atoms. The summed E-state index contributed by atoms with van der Waals surface area (Å²) < 4.78 is 56.1. The van der Waals surface area contributed by atoms with E-state index < -0.39 is 34.7 Å². The fourth-order valence-electron chi connectivity index (χ4n) is 4.93. The molecule has 1 aliphatic rings. The van der Waals surface area contributed by atoms with Crippen LogP contribution in [0.5, 0.6) is 0 Å². The van der Waals surface area contributed by atoms with E-state index in [0.717, 1.165) is 30.1 Å². The van der Waals surface area contributed by atoms with Gasteiger partial charge in [0.05, 0.1) is 28.4 Å². The maximum atomic E-state index is 15.0. The molecular weight excluding hydrogens is 562 g/mol. The number of nitriles is 1. The molecule has 1 amide bonds. The number of carbonyl (C=O) groups excluding carboxylic acids is 1. The molecule has 1 fully saturated rings. The number of aliphatic imine (C=N–C) groups is 1. The second-order valence-corrected chi connectivity index (χ2v) is 10.6. The van der Waals surface area contributed by atoms with Crippen molar-refractivity contribution in [2.75, 3.05) is 0 Å². The molecule has 5 rings (SSSR count). The van der Waals surface area contributed by atoms with Crippen LogP contribution in [0.25, 0.3) is 5.69 Å². The van der Waals surface area contributed by atoms with Gasteiger partial charge in [-0.1, -0.05) is 43.2 Å². The highest BCUT2D eigenvalue weighted by molar-refractivity contribution is 5.99. The van der Waals surface area contributed by atoms with Crippen LogP contribution in [0.2, 0.25) is 0 Å². The van der Waals surface area contributed by atoms with E-state index in [1.165, 1.54) is 30.3 Å². The summed E-state index contributed by atoms with van der Waals surface area (Å²) >= 11 is 0. The summed E-state index contributed by atoms with van der Waals surface area (Å²) in [5.74, 6) is -1.49. The predicted octanol–water partition coefficient (Wildman–Crippen LogP) is 5.43. The number of carbonyl (C=O) groups is 1. The summed E-state index contributed by atoms with van der Waals surface area (Å²) in [5.41, 5.74) is 17.2. The summed E-state index contributed by atoms with van der Waals surface area (Å²) in [6.45, 7) is 0. The van der Waals surface area contributed by atoms with E-state index in [1.807, 2.05) is 6.07 Å². The number of amides is 1. The number of aromatic nitrogens is 2. The first kappa shape index (κ1) is 29.5. The zero-order valence-corrected chi connectivity index (χ0v) is 22.8. The van der Waals surface area contributed by atoms with Crippen LogP contribution in [-0.4, -0.2) is 21.5 Å². The van der Waals surface area contributed by atoms with Gasteiger partial charge in [0.2, 0.25) is 0 Å². The van der Waals surface area contributed by atoms with Gasteiger partial charge in [-0.05, 0) is 66.3 Å². The molecule has 6 N–H and O–H groups in total. The van der Waals surface area contributed by atoms with Crippen LogP contribution >= 0.6 is 0 Å². The topological polar surface area (TPSA) is 149 Å². The van der Waals surface area contributed by atoms with Crippen LogP contribution in [0.3, 0.4) is 0 Å². The number of benzene rings is 3. The Morgan fingerprint density at radius 1 is 1.05 bits per heavy atom. The third-order valence-corrected chi connectivity index (χ3v) is 7.51. The van der Waals surface area contributed by atoms with E-state index >= 15 is 4.39 Å². The normalized spacial score (nSPS) is 15.1. The first-order valence-corrected chi connectivity index (χ1v) is 13.4. The number of primary amides is 1. The molecule has 0 aliphatic heterocycles. The van der Waals surface area contributed by atoms with Gasteiger partial charge in [0.15, 0.2) is 5.69 Å². The first-order chi connectivity index (χ1) is 20.4. The van der Waals surface area contributed by atoms with Crippen LogP contribution in [0.4, 0.5) is 23.2 Å². The number of hydrogen-bond acceptors (Lipinski definition) is 5. The molecule has 1 aliphatic carbocycles. The zero-order valence-electron chi connectivity index (χ0n) is 22.8. The lowest BCUT2D eigenvalue weighted by Crippen LogP contribution is -2.38. The first-order valence-electron chi connectivity index (χ1n) is 13.4. The monoisotopic (exact) mass is 589 g/mol. The minimum absolute atomic E-state index is 0.0902. The summed E-state index contributed by atoms with van der Waals surface area (Å²) in [4.78, 5) is 15.9. The molecule has 3 aromatic carbocycles. The number of hydrogen-bond donors (Lipinski definition) is 3. The van der Waals surface area contributed by atoms with Gasteiger partial charge in [-0.15, -0.1) is 0 Å². The summed E-state index contributed by atoms with van der Waals surface area (Å²) in [6, 6.07) is 19.4. The number of nitrogens with zero attached hydrogens (tertiary/aromatic N) is 4. The number of amidine groups is 1. The van der Waals surface area contributed by atoms with Crippen molar-refractivity contribution in [1.82, 2.24) is 9.78 Å². The Kier molecular flexibility index (Phi) is 7.77.